The van der Waals surface area contributed by atoms with Gasteiger partial charge in [-0.15, -0.1) is 29.7 Å². The average Bonchev–Trinajstić information content (AvgIpc) is 3.63. The minimum absolute atomic E-state index is 0. The van der Waals surface area contributed by atoms with Gasteiger partial charge in [-0.3, -0.25) is 6.08 Å². The Labute approximate surface area is 307 Å². The number of aryl methyl sites for hydroxylation is 1. The molecular formula is C43H48Cl2Zr-2. The molecule has 0 amide bonds. The van der Waals surface area contributed by atoms with Crippen LogP contribution in [-0.2, 0) is 35.1 Å². The van der Waals surface area contributed by atoms with Crippen LogP contribution < -0.4 is 24.8 Å². The molecule has 46 heavy (non-hydrogen) atoms. The molecule has 0 N–H and O–H groups in total. The summed E-state index contributed by atoms with van der Waals surface area (Å²) in [4.78, 5) is 0. The number of allylic oxidation sites excluding steroid dienone is 9. The van der Waals surface area contributed by atoms with Crippen LogP contribution in [0.4, 0.5) is 0 Å². The summed E-state index contributed by atoms with van der Waals surface area (Å²) in [6, 6.07) is 26.8. The zero-order valence-electron chi connectivity index (χ0n) is 29.2. The van der Waals surface area contributed by atoms with Crippen molar-refractivity contribution in [2.75, 3.05) is 0 Å². The summed E-state index contributed by atoms with van der Waals surface area (Å²) >= 11 is 1.55. The molecule has 3 aromatic rings. The Hall–Kier alpha value is -2.31. The van der Waals surface area contributed by atoms with E-state index in [2.05, 4.69) is 166 Å². The van der Waals surface area contributed by atoms with Gasteiger partial charge in [0.1, 0.15) is 0 Å². The van der Waals surface area contributed by atoms with Crippen molar-refractivity contribution in [2.24, 2.45) is 5.41 Å². The maximum absolute atomic E-state index is 4.18. The van der Waals surface area contributed by atoms with E-state index in [1.807, 2.05) is 12.2 Å². The Morgan fingerprint density at radius 2 is 1.39 bits per heavy atom. The number of benzene rings is 3. The summed E-state index contributed by atoms with van der Waals surface area (Å²) in [5.74, 6) is 0. The minimum Gasteiger partial charge on any atom is -1.00 e. The molecule has 0 bridgehead atoms. The van der Waals surface area contributed by atoms with Crippen LogP contribution in [0, 0.1) is 24.5 Å². The second-order valence-corrected chi connectivity index (χ2v) is 16.8. The number of hydrogen-bond donors (Lipinski definition) is 0. The van der Waals surface area contributed by atoms with E-state index in [-0.39, 0.29) is 41.1 Å². The van der Waals surface area contributed by atoms with Crippen LogP contribution in [-0.4, -0.2) is 3.21 Å². The summed E-state index contributed by atoms with van der Waals surface area (Å²) in [6.07, 6.45) is 16.6. The van der Waals surface area contributed by atoms with Gasteiger partial charge >= 0.3 is 41.3 Å². The maximum atomic E-state index is 4.18. The quantitative estimate of drug-likeness (QED) is 0.311. The molecule has 1 atom stereocenters. The molecule has 3 aliphatic rings. The summed E-state index contributed by atoms with van der Waals surface area (Å²) in [7, 11) is 0. The summed E-state index contributed by atoms with van der Waals surface area (Å²) in [6.45, 7) is 22.9. The van der Waals surface area contributed by atoms with Gasteiger partial charge in [-0.2, -0.15) is 17.7 Å². The monoisotopic (exact) mass is 724 g/mol. The standard InChI is InChI=1S/C35H37.C5H5.C3H6.2ClH.Zr/c1-23-19-26-20-29-30(28(26)21-31(23)33(3,4)5)22-35(34(6,7)8,27-17-13-10-14-18-27)24(2)32(29)25-15-11-9-12-16-25;1-2-4-5-3-1;1-3-2;;;/h9-21H,1-8H3;1-3H,4H2;1-2H3;2*1H;/q2*-1;;;;+2/p-2. The predicted molar refractivity (Wildman–Crippen MR) is 189 cm³/mol. The molecule has 0 nitrogen and oxygen atoms in total. The summed E-state index contributed by atoms with van der Waals surface area (Å²) in [5, 5.41) is 0. The van der Waals surface area contributed by atoms with Crippen molar-refractivity contribution in [3.63, 3.8) is 0 Å². The third-order valence-corrected chi connectivity index (χ3v) is 8.54. The van der Waals surface area contributed by atoms with Gasteiger partial charge in [0.2, 0.25) is 0 Å². The average molecular weight is 727 g/mol. The Morgan fingerprint density at radius 1 is 0.826 bits per heavy atom. The Balaban J connectivity index is 0.000000586. The Kier molecular flexibility index (Phi) is 14.0. The Morgan fingerprint density at radius 3 is 1.85 bits per heavy atom. The fourth-order valence-electron chi connectivity index (χ4n) is 6.73. The van der Waals surface area contributed by atoms with Crippen molar-refractivity contribution in [3.8, 4) is 0 Å². The van der Waals surface area contributed by atoms with E-state index in [1.54, 1.807) is 24.2 Å². The summed E-state index contributed by atoms with van der Waals surface area (Å²) < 4.78 is 1.51. The first-order valence-corrected chi connectivity index (χ1v) is 17.0. The van der Waals surface area contributed by atoms with Gasteiger partial charge in [0, 0.05) is 0 Å². The smallest absolute Gasteiger partial charge is 0.109 e. The fraction of sp³-hybridized carbons (Fsp3) is 0.326. The van der Waals surface area contributed by atoms with Gasteiger partial charge in [-0.05, 0) is 46.8 Å². The first kappa shape index (κ1) is 39.9. The number of rotatable bonds is 2. The molecular weight excluding hydrogens is 679 g/mol. The second-order valence-electron chi connectivity index (χ2n) is 14.3. The first-order valence-electron chi connectivity index (χ1n) is 15.8. The molecule has 240 valence electrons. The van der Waals surface area contributed by atoms with Crippen molar-refractivity contribution in [1.29, 1.82) is 0 Å². The Bertz CT molecular complexity index is 1660. The van der Waals surface area contributed by atoms with Gasteiger partial charge in [0.05, 0.1) is 0 Å². The van der Waals surface area contributed by atoms with Crippen molar-refractivity contribution in [2.45, 2.75) is 86.5 Å². The minimum atomic E-state index is -0.347. The summed E-state index contributed by atoms with van der Waals surface area (Å²) in [5.41, 5.74) is 13.0. The number of fused-ring (bicyclic) bond motifs is 3. The molecule has 3 aliphatic carbocycles. The molecule has 0 saturated heterocycles. The van der Waals surface area contributed by atoms with Gasteiger partial charge in [-0.25, -0.2) is 12.2 Å². The van der Waals surface area contributed by atoms with E-state index in [4.69, 9.17) is 0 Å². The van der Waals surface area contributed by atoms with E-state index in [0.717, 1.165) is 6.42 Å². The zero-order valence-corrected chi connectivity index (χ0v) is 33.2. The molecule has 0 spiro atoms. The normalized spacial score (nSPS) is 17.6. The maximum Gasteiger partial charge on any atom is -0.109 e. The van der Waals surface area contributed by atoms with E-state index >= 15 is 0 Å². The van der Waals surface area contributed by atoms with E-state index < -0.39 is 0 Å². The third kappa shape index (κ3) is 8.39. The van der Waals surface area contributed by atoms with E-state index in [0.29, 0.717) is 0 Å². The largest absolute Gasteiger partial charge is 1.00 e. The SMILES string of the molecule is CC1=C(c2ccccc2)C2=Cc3cc(C)c(C(C)(C)C)cc3C2=[C-]C1(c1ccccc1)C(C)(C)C.C[C](C)=[Zr+2].[C-]1=CC=CC1.[Cl-].[Cl-]. The van der Waals surface area contributed by atoms with Crippen LogP contribution in [0.5, 0.6) is 0 Å². The fourth-order valence-corrected chi connectivity index (χ4v) is 6.73. The van der Waals surface area contributed by atoms with Gasteiger partial charge in [0.15, 0.2) is 0 Å². The molecule has 0 aliphatic heterocycles. The van der Waals surface area contributed by atoms with Crippen LogP contribution in [0.25, 0.3) is 17.2 Å². The van der Waals surface area contributed by atoms with Crippen molar-refractivity contribution < 1.29 is 49.0 Å². The molecule has 3 aromatic carbocycles. The molecule has 0 radical (unpaired) electrons. The van der Waals surface area contributed by atoms with Crippen LogP contribution in [0.1, 0.15) is 102 Å². The van der Waals surface area contributed by atoms with Crippen molar-refractivity contribution in [1.82, 2.24) is 0 Å². The molecule has 0 fully saturated rings. The van der Waals surface area contributed by atoms with Crippen LogP contribution >= 0.6 is 0 Å². The van der Waals surface area contributed by atoms with E-state index in [9.17, 15) is 0 Å². The zero-order chi connectivity index (χ0) is 32.3. The van der Waals surface area contributed by atoms with Crippen LogP contribution in [0.15, 0.2) is 102 Å². The van der Waals surface area contributed by atoms with Gasteiger partial charge in [-0.1, -0.05) is 131 Å². The molecule has 0 aromatic heterocycles. The predicted octanol–water partition coefficient (Wildman–Crippen LogP) is 5.41. The third-order valence-electron chi connectivity index (χ3n) is 8.54. The number of hydrogen-bond acceptors (Lipinski definition) is 0. The van der Waals surface area contributed by atoms with Gasteiger partial charge in [0.25, 0.3) is 0 Å². The molecule has 0 heterocycles. The van der Waals surface area contributed by atoms with Crippen molar-refractivity contribution >= 4 is 20.4 Å². The van der Waals surface area contributed by atoms with E-state index in [1.165, 1.54) is 58.9 Å². The van der Waals surface area contributed by atoms with Crippen LogP contribution in [0.2, 0.25) is 0 Å². The second kappa shape index (κ2) is 16.2. The number of halogens is 2. The van der Waals surface area contributed by atoms with Crippen LogP contribution in [0.3, 0.4) is 0 Å². The first-order chi connectivity index (χ1) is 20.7. The topological polar surface area (TPSA) is 0 Å². The van der Waals surface area contributed by atoms with Gasteiger partial charge < -0.3 is 24.8 Å². The molecule has 1 unspecified atom stereocenters. The molecule has 3 heteroatoms. The molecule has 0 saturated carbocycles. The van der Waals surface area contributed by atoms with Crippen molar-refractivity contribution in [3.05, 3.63) is 148 Å². The molecule has 6 rings (SSSR count).